The molecule has 0 aliphatic heterocycles. The zero-order valence-electron chi connectivity index (χ0n) is 11.5. The van der Waals surface area contributed by atoms with Gasteiger partial charge in [0.1, 0.15) is 0 Å². The van der Waals surface area contributed by atoms with Crippen LogP contribution in [0.3, 0.4) is 0 Å². The van der Waals surface area contributed by atoms with Crippen LogP contribution < -0.4 is 11.1 Å². The highest BCUT2D eigenvalue weighted by atomic mass is 35.5. The first-order valence-corrected chi connectivity index (χ1v) is 6.99. The largest absolute Gasteiger partial charge is 0.378 e. The van der Waals surface area contributed by atoms with E-state index < -0.39 is 0 Å². The first-order chi connectivity index (χ1) is 8.37. The van der Waals surface area contributed by atoms with E-state index in [2.05, 4.69) is 26.1 Å². The highest BCUT2D eigenvalue weighted by molar-refractivity contribution is 6.30. The molecule has 0 amide bonds. The standard InChI is InChI=1S/C15H23ClN2/c1-11-8-14(2,3)9-15(11,10-17)18-13-6-4-12(16)5-7-13/h4-7,11,18H,8-10,17H2,1-3H3. The van der Waals surface area contributed by atoms with Gasteiger partial charge in [-0.3, -0.25) is 0 Å². The highest BCUT2D eigenvalue weighted by Gasteiger charge is 2.47. The minimum atomic E-state index is 0.0112. The van der Waals surface area contributed by atoms with Gasteiger partial charge >= 0.3 is 0 Å². The van der Waals surface area contributed by atoms with E-state index in [4.69, 9.17) is 17.3 Å². The average molecular weight is 267 g/mol. The van der Waals surface area contributed by atoms with Crippen LogP contribution in [0.1, 0.15) is 33.6 Å². The molecule has 0 heterocycles. The second-order valence-electron chi connectivity index (χ2n) is 6.44. The van der Waals surface area contributed by atoms with Gasteiger partial charge in [-0.1, -0.05) is 32.4 Å². The third-order valence-electron chi connectivity index (χ3n) is 4.20. The van der Waals surface area contributed by atoms with Crippen molar-refractivity contribution in [1.29, 1.82) is 0 Å². The van der Waals surface area contributed by atoms with E-state index in [0.29, 0.717) is 17.9 Å². The summed E-state index contributed by atoms with van der Waals surface area (Å²) in [4.78, 5) is 0. The molecule has 3 heteroatoms. The van der Waals surface area contributed by atoms with Gasteiger partial charge in [-0.25, -0.2) is 0 Å². The molecule has 0 radical (unpaired) electrons. The van der Waals surface area contributed by atoms with Crippen LogP contribution in [0.25, 0.3) is 0 Å². The molecule has 1 saturated carbocycles. The molecule has 100 valence electrons. The van der Waals surface area contributed by atoms with Crippen molar-refractivity contribution >= 4 is 17.3 Å². The Kier molecular flexibility index (Phi) is 3.61. The second-order valence-corrected chi connectivity index (χ2v) is 6.87. The first kappa shape index (κ1) is 13.7. The molecule has 1 aliphatic rings. The van der Waals surface area contributed by atoms with Crippen LogP contribution in [0.5, 0.6) is 0 Å². The molecular formula is C15H23ClN2. The Morgan fingerprint density at radius 2 is 1.94 bits per heavy atom. The number of anilines is 1. The Labute approximate surface area is 115 Å². The molecule has 2 unspecified atom stereocenters. The number of rotatable bonds is 3. The maximum absolute atomic E-state index is 6.07. The number of hydrogen-bond acceptors (Lipinski definition) is 2. The molecule has 18 heavy (non-hydrogen) atoms. The third-order valence-corrected chi connectivity index (χ3v) is 4.45. The van der Waals surface area contributed by atoms with Gasteiger partial charge in [0.2, 0.25) is 0 Å². The molecule has 2 nitrogen and oxygen atoms in total. The predicted molar refractivity (Wildman–Crippen MR) is 79.0 cm³/mol. The number of benzene rings is 1. The van der Waals surface area contributed by atoms with E-state index in [1.807, 2.05) is 24.3 Å². The van der Waals surface area contributed by atoms with E-state index in [9.17, 15) is 0 Å². The van der Waals surface area contributed by atoms with Gasteiger partial charge in [0.25, 0.3) is 0 Å². The molecule has 1 aromatic carbocycles. The summed E-state index contributed by atoms with van der Waals surface area (Å²) in [5, 5.41) is 4.42. The fourth-order valence-electron chi connectivity index (χ4n) is 3.44. The summed E-state index contributed by atoms with van der Waals surface area (Å²) in [6.07, 6.45) is 2.32. The summed E-state index contributed by atoms with van der Waals surface area (Å²) in [7, 11) is 0. The van der Waals surface area contributed by atoms with Crippen molar-refractivity contribution < 1.29 is 0 Å². The van der Waals surface area contributed by atoms with E-state index >= 15 is 0 Å². The van der Waals surface area contributed by atoms with Crippen LogP contribution in [0.4, 0.5) is 5.69 Å². The Hall–Kier alpha value is -0.730. The smallest absolute Gasteiger partial charge is 0.0526 e. The minimum absolute atomic E-state index is 0.0112. The lowest BCUT2D eigenvalue weighted by Gasteiger charge is -2.35. The Morgan fingerprint density at radius 3 is 2.39 bits per heavy atom. The maximum Gasteiger partial charge on any atom is 0.0526 e. The van der Waals surface area contributed by atoms with Crippen LogP contribution in [0.15, 0.2) is 24.3 Å². The van der Waals surface area contributed by atoms with Gasteiger partial charge in [-0.2, -0.15) is 0 Å². The third kappa shape index (κ3) is 2.65. The van der Waals surface area contributed by atoms with Crippen LogP contribution in [-0.2, 0) is 0 Å². The van der Waals surface area contributed by atoms with Gasteiger partial charge in [0.15, 0.2) is 0 Å². The number of nitrogens with one attached hydrogen (secondary N) is 1. The van der Waals surface area contributed by atoms with Gasteiger partial charge in [0, 0.05) is 17.3 Å². The van der Waals surface area contributed by atoms with Crippen LogP contribution in [0.2, 0.25) is 5.02 Å². The Balaban J connectivity index is 2.21. The quantitative estimate of drug-likeness (QED) is 0.871. The molecule has 0 spiro atoms. The topological polar surface area (TPSA) is 38.0 Å². The predicted octanol–water partition coefficient (Wildman–Crippen LogP) is 3.91. The molecule has 0 aromatic heterocycles. The van der Waals surface area contributed by atoms with Gasteiger partial charge < -0.3 is 11.1 Å². The summed E-state index contributed by atoms with van der Waals surface area (Å²) in [6.45, 7) is 7.61. The zero-order chi connectivity index (χ0) is 13.4. The van der Waals surface area contributed by atoms with E-state index in [-0.39, 0.29) is 5.54 Å². The lowest BCUT2D eigenvalue weighted by molar-refractivity contribution is 0.350. The molecule has 2 rings (SSSR count). The van der Waals surface area contributed by atoms with Crippen molar-refractivity contribution in [2.75, 3.05) is 11.9 Å². The van der Waals surface area contributed by atoms with Gasteiger partial charge in [-0.15, -0.1) is 0 Å². The number of halogens is 1. The highest BCUT2D eigenvalue weighted by Crippen LogP contribution is 2.48. The van der Waals surface area contributed by atoms with E-state index in [0.717, 1.165) is 17.1 Å². The molecule has 1 fully saturated rings. The lowest BCUT2D eigenvalue weighted by atomic mass is 9.86. The van der Waals surface area contributed by atoms with Crippen molar-refractivity contribution in [1.82, 2.24) is 0 Å². The summed E-state index contributed by atoms with van der Waals surface area (Å²) >= 11 is 5.92. The first-order valence-electron chi connectivity index (χ1n) is 6.61. The average Bonchev–Trinajstić information content (AvgIpc) is 2.52. The second kappa shape index (κ2) is 4.75. The summed E-state index contributed by atoms with van der Waals surface area (Å²) in [6, 6.07) is 7.88. The van der Waals surface area contributed by atoms with Gasteiger partial charge in [-0.05, 0) is 48.4 Å². The van der Waals surface area contributed by atoms with Crippen molar-refractivity contribution in [3.8, 4) is 0 Å². The van der Waals surface area contributed by atoms with Crippen LogP contribution in [0, 0.1) is 11.3 Å². The Morgan fingerprint density at radius 1 is 1.33 bits per heavy atom. The summed E-state index contributed by atoms with van der Waals surface area (Å²) in [5.74, 6) is 0.577. The molecule has 1 aromatic rings. The molecule has 2 atom stereocenters. The number of nitrogens with two attached hydrogens (primary N) is 1. The SMILES string of the molecule is CC1CC(C)(C)CC1(CN)Nc1ccc(Cl)cc1. The van der Waals surface area contributed by atoms with Crippen LogP contribution in [-0.4, -0.2) is 12.1 Å². The molecular weight excluding hydrogens is 244 g/mol. The molecule has 1 aliphatic carbocycles. The van der Waals surface area contributed by atoms with Gasteiger partial charge in [0.05, 0.1) is 5.54 Å². The summed E-state index contributed by atoms with van der Waals surface area (Å²) in [5.41, 5.74) is 7.55. The van der Waals surface area contributed by atoms with E-state index in [1.165, 1.54) is 6.42 Å². The van der Waals surface area contributed by atoms with Crippen molar-refractivity contribution in [2.24, 2.45) is 17.1 Å². The normalized spacial score (nSPS) is 30.4. The zero-order valence-corrected chi connectivity index (χ0v) is 12.2. The van der Waals surface area contributed by atoms with Crippen LogP contribution >= 0.6 is 11.6 Å². The van der Waals surface area contributed by atoms with Crippen molar-refractivity contribution in [3.05, 3.63) is 29.3 Å². The molecule has 0 bridgehead atoms. The molecule has 0 saturated heterocycles. The minimum Gasteiger partial charge on any atom is -0.378 e. The van der Waals surface area contributed by atoms with E-state index in [1.54, 1.807) is 0 Å². The van der Waals surface area contributed by atoms with Crippen molar-refractivity contribution in [3.63, 3.8) is 0 Å². The maximum atomic E-state index is 6.07. The summed E-state index contributed by atoms with van der Waals surface area (Å²) < 4.78 is 0. The Bertz CT molecular complexity index is 413. The monoisotopic (exact) mass is 266 g/mol. The fraction of sp³-hybridized carbons (Fsp3) is 0.600. The number of hydrogen-bond donors (Lipinski definition) is 2. The molecule has 3 N–H and O–H groups in total. The van der Waals surface area contributed by atoms with Crippen molar-refractivity contribution in [2.45, 2.75) is 39.2 Å². The fourth-order valence-corrected chi connectivity index (χ4v) is 3.56. The lowest BCUT2D eigenvalue weighted by Crippen LogP contribution is -2.48.